The van der Waals surface area contributed by atoms with Gasteiger partial charge in [-0.2, -0.15) is 5.10 Å². The van der Waals surface area contributed by atoms with Crippen LogP contribution in [0.1, 0.15) is 38.1 Å². The van der Waals surface area contributed by atoms with Crippen molar-refractivity contribution in [3.05, 3.63) is 15.9 Å². The minimum absolute atomic E-state index is 0.276. The summed E-state index contributed by atoms with van der Waals surface area (Å²) in [6.07, 6.45) is 2.82. The number of halogens is 1. The lowest BCUT2D eigenvalue weighted by molar-refractivity contribution is 0.283. The fraction of sp³-hybridized carbons (Fsp3) is 0.750. The second-order valence-corrected chi connectivity index (χ2v) is 4.78. The van der Waals surface area contributed by atoms with Crippen LogP contribution in [0.4, 0.5) is 0 Å². The highest BCUT2D eigenvalue weighted by Crippen LogP contribution is 2.22. The maximum atomic E-state index is 8.69. The van der Waals surface area contributed by atoms with E-state index < -0.39 is 0 Å². The third kappa shape index (κ3) is 4.08. The molecule has 0 unspecified atom stereocenters. The highest BCUT2D eigenvalue weighted by molar-refractivity contribution is 9.10. The number of aryl methyl sites for hydroxylation is 2. The summed E-state index contributed by atoms with van der Waals surface area (Å²) in [4.78, 5) is 0. The summed E-state index contributed by atoms with van der Waals surface area (Å²) < 4.78 is 3.18. The first kappa shape index (κ1) is 14.7. The highest BCUT2D eigenvalue weighted by atomic mass is 79.9. The Labute approximate surface area is 112 Å². The fourth-order valence-electron chi connectivity index (χ4n) is 1.75. The van der Waals surface area contributed by atoms with Crippen molar-refractivity contribution in [2.45, 2.75) is 46.2 Å². The van der Waals surface area contributed by atoms with Gasteiger partial charge < -0.3 is 10.4 Å². The number of nitrogens with one attached hydrogen (secondary N) is 1. The van der Waals surface area contributed by atoms with Gasteiger partial charge in [0.05, 0.1) is 15.9 Å². The van der Waals surface area contributed by atoms with Gasteiger partial charge in [0.2, 0.25) is 0 Å². The molecule has 98 valence electrons. The first-order valence-electron chi connectivity index (χ1n) is 6.30. The van der Waals surface area contributed by atoms with Crippen LogP contribution in [0.3, 0.4) is 0 Å². The van der Waals surface area contributed by atoms with Gasteiger partial charge in [-0.25, -0.2) is 0 Å². The van der Waals surface area contributed by atoms with E-state index >= 15 is 0 Å². The Bertz CT molecular complexity index is 339. The lowest BCUT2D eigenvalue weighted by Gasteiger charge is -2.07. The molecule has 0 aliphatic heterocycles. The third-order valence-corrected chi connectivity index (χ3v) is 3.66. The van der Waals surface area contributed by atoms with Crippen LogP contribution >= 0.6 is 15.9 Å². The lowest BCUT2D eigenvalue weighted by atomic mass is 10.3. The third-order valence-electron chi connectivity index (χ3n) is 2.75. The van der Waals surface area contributed by atoms with Crippen molar-refractivity contribution in [2.24, 2.45) is 0 Å². The SMILES string of the molecule is CCc1nn(CC)c(CNCCCCO)c1Br. The number of rotatable bonds is 8. The molecule has 0 saturated heterocycles. The van der Waals surface area contributed by atoms with Crippen LogP contribution in [0.25, 0.3) is 0 Å². The summed E-state index contributed by atoms with van der Waals surface area (Å²) in [6.45, 7) is 7.15. The van der Waals surface area contributed by atoms with Crippen LogP contribution < -0.4 is 5.32 Å². The molecule has 0 bridgehead atoms. The number of aliphatic hydroxyl groups excluding tert-OH is 1. The lowest BCUT2D eigenvalue weighted by Crippen LogP contribution is -2.18. The van der Waals surface area contributed by atoms with E-state index in [-0.39, 0.29) is 6.61 Å². The predicted molar refractivity (Wildman–Crippen MR) is 73.0 cm³/mol. The van der Waals surface area contributed by atoms with Crippen LogP contribution in [0, 0.1) is 0 Å². The van der Waals surface area contributed by atoms with Gasteiger partial charge in [0.25, 0.3) is 0 Å². The van der Waals surface area contributed by atoms with Crippen LogP contribution in [0.15, 0.2) is 4.47 Å². The van der Waals surface area contributed by atoms with Crippen molar-refractivity contribution >= 4 is 15.9 Å². The topological polar surface area (TPSA) is 50.1 Å². The molecule has 0 radical (unpaired) electrons. The smallest absolute Gasteiger partial charge is 0.0767 e. The minimum atomic E-state index is 0.276. The molecule has 2 N–H and O–H groups in total. The molecule has 0 aliphatic carbocycles. The highest BCUT2D eigenvalue weighted by Gasteiger charge is 2.12. The summed E-state index contributed by atoms with van der Waals surface area (Å²) >= 11 is 3.62. The minimum Gasteiger partial charge on any atom is -0.396 e. The van der Waals surface area contributed by atoms with Gasteiger partial charge in [-0.05, 0) is 48.7 Å². The van der Waals surface area contributed by atoms with Crippen molar-refractivity contribution in [1.29, 1.82) is 0 Å². The molecule has 0 aliphatic rings. The van der Waals surface area contributed by atoms with Crippen molar-refractivity contribution in [3.63, 3.8) is 0 Å². The Morgan fingerprint density at radius 2 is 2.12 bits per heavy atom. The van der Waals surface area contributed by atoms with E-state index in [1.54, 1.807) is 0 Å². The number of hydrogen-bond donors (Lipinski definition) is 2. The Morgan fingerprint density at radius 1 is 1.35 bits per heavy atom. The van der Waals surface area contributed by atoms with E-state index in [0.717, 1.165) is 49.1 Å². The Hall–Kier alpha value is -0.390. The number of aliphatic hydroxyl groups is 1. The molecule has 17 heavy (non-hydrogen) atoms. The molecule has 0 atom stereocenters. The predicted octanol–water partition coefficient (Wildman–Crippen LogP) is 2.09. The van der Waals surface area contributed by atoms with E-state index in [9.17, 15) is 0 Å². The molecule has 0 saturated carbocycles. The second kappa shape index (κ2) is 7.84. The maximum absolute atomic E-state index is 8.69. The first-order valence-corrected chi connectivity index (χ1v) is 7.09. The molecule has 0 aromatic carbocycles. The largest absolute Gasteiger partial charge is 0.396 e. The van der Waals surface area contributed by atoms with Gasteiger partial charge in [-0.1, -0.05) is 6.92 Å². The van der Waals surface area contributed by atoms with E-state index in [1.807, 2.05) is 4.68 Å². The molecule has 0 fully saturated rings. The summed E-state index contributed by atoms with van der Waals surface area (Å²) in [5, 5.41) is 16.6. The van der Waals surface area contributed by atoms with Crippen molar-refractivity contribution in [1.82, 2.24) is 15.1 Å². The molecule has 1 rings (SSSR count). The van der Waals surface area contributed by atoms with Gasteiger partial charge in [-0.3, -0.25) is 4.68 Å². The monoisotopic (exact) mass is 303 g/mol. The molecule has 1 aromatic heterocycles. The van der Waals surface area contributed by atoms with E-state index in [0.29, 0.717) is 0 Å². The molecule has 4 nitrogen and oxygen atoms in total. The average Bonchev–Trinajstić information content (AvgIpc) is 2.65. The fourth-order valence-corrected chi connectivity index (χ4v) is 2.46. The summed E-state index contributed by atoms with van der Waals surface area (Å²) in [5.41, 5.74) is 2.34. The van der Waals surface area contributed by atoms with Gasteiger partial charge in [0.1, 0.15) is 0 Å². The van der Waals surface area contributed by atoms with E-state index in [2.05, 4.69) is 40.2 Å². The summed E-state index contributed by atoms with van der Waals surface area (Å²) in [6, 6.07) is 0. The first-order chi connectivity index (χ1) is 8.24. The van der Waals surface area contributed by atoms with Crippen molar-refractivity contribution in [2.75, 3.05) is 13.2 Å². The zero-order chi connectivity index (χ0) is 12.7. The maximum Gasteiger partial charge on any atom is 0.0767 e. The number of aromatic nitrogens is 2. The molecule has 0 spiro atoms. The van der Waals surface area contributed by atoms with Gasteiger partial charge in [-0.15, -0.1) is 0 Å². The van der Waals surface area contributed by atoms with Crippen LogP contribution in [0.2, 0.25) is 0 Å². The zero-order valence-electron chi connectivity index (χ0n) is 10.7. The molecular formula is C12H22BrN3O. The zero-order valence-corrected chi connectivity index (χ0v) is 12.3. The number of hydrogen-bond acceptors (Lipinski definition) is 3. The molecular weight excluding hydrogens is 282 g/mol. The standard InChI is InChI=1S/C12H22BrN3O/c1-3-10-12(13)11(16(4-2)15-10)9-14-7-5-6-8-17/h14,17H,3-9H2,1-2H3. The molecule has 1 heterocycles. The molecule has 0 amide bonds. The Morgan fingerprint density at radius 3 is 2.71 bits per heavy atom. The van der Waals surface area contributed by atoms with Gasteiger partial charge in [0.15, 0.2) is 0 Å². The van der Waals surface area contributed by atoms with Gasteiger partial charge in [0, 0.05) is 19.7 Å². The summed E-state index contributed by atoms with van der Waals surface area (Å²) in [7, 11) is 0. The molecule has 5 heteroatoms. The number of unbranched alkanes of at least 4 members (excludes halogenated alkanes) is 1. The average molecular weight is 304 g/mol. The molecule has 1 aromatic rings. The Balaban J connectivity index is 2.54. The van der Waals surface area contributed by atoms with Gasteiger partial charge >= 0.3 is 0 Å². The van der Waals surface area contributed by atoms with Crippen molar-refractivity contribution < 1.29 is 5.11 Å². The van der Waals surface area contributed by atoms with E-state index in [4.69, 9.17) is 5.11 Å². The van der Waals surface area contributed by atoms with E-state index in [1.165, 1.54) is 5.69 Å². The van der Waals surface area contributed by atoms with Crippen LogP contribution in [-0.2, 0) is 19.5 Å². The summed E-state index contributed by atoms with van der Waals surface area (Å²) in [5.74, 6) is 0. The normalized spacial score (nSPS) is 11.1. The number of nitrogens with zero attached hydrogens (tertiary/aromatic N) is 2. The van der Waals surface area contributed by atoms with Crippen LogP contribution in [-0.4, -0.2) is 28.0 Å². The Kier molecular flexibility index (Phi) is 6.77. The van der Waals surface area contributed by atoms with Crippen LogP contribution in [0.5, 0.6) is 0 Å². The van der Waals surface area contributed by atoms with Crippen molar-refractivity contribution in [3.8, 4) is 0 Å². The quantitative estimate of drug-likeness (QED) is 0.723. The second-order valence-electron chi connectivity index (χ2n) is 3.98.